The highest BCUT2D eigenvalue weighted by Gasteiger charge is 2.12. The third-order valence-electron chi connectivity index (χ3n) is 2.56. The molecule has 2 rings (SSSR count). The SMILES string of the molecule is CC(=O)Nc1ccc(C(=O)Nc2ccc(C(N)=O)cc2)o1. The molecule has 0 aliphatic rings. The van der Waals surface area contributed by atoms with Crippen LogP contribution in [0.25, 0.3) is 0 Å². The maximum atomic E-state index is 11.9. The largest absolute Gasteiger partial charge is 0.435 e. The van der Waals surface area contributed by atoms with Gasteiger partial charge in [0.2, 0.25) is 11.8 Å². The number of hydrogen-bond donors (Lipinski definition) is 3. The van der Waals surface area contributed by atoms with Crippen LogP contribution in [0, 0.1) is 0 Å². The number of carbonyl (C=O) groups excluding carboxylic acids is 3. The fourth-order valence-electron chi connectivity index (χ4n) is 1.61. The van der Waals surface area contributed by atoms with Crippen LogP contribution in [0.1, 0.15) is 27.8 Å². The number of rotatable bonds is 4. The van der Waals surface area contributed by atoms with Crippen molar-refractivity contribution in [2.75, 3.05) is 10.6 Å². The first-order valence-corrected chi connectivity index (χ1v) is 6.04. The first-order chi connectivity index (χ1) is 9.95. The second-order valence-corrected chi connectivity index (χ2v) is 4.24. The Hall–Kier alpha value is -3.09. The fourth-order valence-corrected chi connectivity index (χ4v) is 1.61. The molecule has 108 valence electrons. The molecule has 1 aromatic carbocycles. The Morgan fingerprint density at radius 1 is 1.00 bits per heavy atom. The van der Waals surface area contributed by atoms with E-state index < -0.39 is 11.8 Å². The van der Waals surface area contributed by atoms with Gasteiger partial charge in [0, 0.05) is 24.2 Å². The summed E-state index contributed by atoms with van der Waals surface area (Å²) in [6.07, 6.45) is 0. The van der Waals surface area contributed by atoms with Gasteiger partial charge in [-0.25, -0.2) is 0 Å². The van der Waals surface area contributed by atoms with Crippen molar-refractivity contribution in [3.8, 4) is 0 Å². The first-order valence-electron chi connectivity index (χ1n) is 6.04. The van der Waals surface area contributed by atoms with Crippen molar-refractivity contribution in [1.29, 1.82) is 0 Å². The Morgan fingerprint density at radius 3 is 2.24 bits per heavy atom. The van der Waals surface area contributed by atoms with Gasteiger partial charge in [-0.3, -0.25) is 19.7 Å². The predicted molar refractivity (Wildman–Crippen MR) is 75.9 cm³/mol. The molecule has 0 saturated carbocycles. The second kappa shape index (κ2) is 5.91. The lowest BCUT2D eigenvalue weighted by atomic mass is 10.2. The summed E-state index contributed by atoms with van der Waals surface area (Å²) in [5, 5.41) is 5.02. The molecule has 0 aliphatic carbocycles. The highest BCUT2D eigenvalue weighted by molar-refractivity contribution is 6.03. The third kappa shape index (κ3) is 3.69. The van der Waals surface area contributed by atoms with Crippen molar-refractivity contribution >= 4 is 29.3 Å². The van der Waals surface area contributed by atoms with Gasteiger partial charge in [0.15, 0.2) is 11.6 Å². The van der Waals surface area contributed by atoms with Crippen molar-refractivity contribution in [1.82, 2.24) is 0 Å². The van der Waals surface area contributed by atoms with E-state index in [1.165, 1.54) is 31.2 Å². The molecule has 0 radical (unpaired) electrons. The summed E-state index contributed by atoms with van der Waals surface area (Å²) >= 11 is 0. The molecule has 1 heterocycles. The minimum atomic E-state index is -0.543. The van der Waals surface area contributed by atoms with Gasteiger partial charge in [-0.2, -0.15) is 0 Å². The highest BCUT2D eigenvalue weighted by Crippen LogP contribution is 2.16. The quantitative estimate of drug-likeness (QED) is 0.792. The number of anilines is 2. The van der Waals surface area contributed by atoms with Crippen LogP contribution in [-0.2, 0) is 4.79 Å². The molecule has 0 saturated heterocycles. The Bertz CT molecular complexity index is 688. The summed E-state index contributed by atoms with van der Waals surface area (Å²) in [6.45, 7) is 1.34. The number of benzene rings is 1. The molecular formula is C14H13N3O4. The van der Waals surface area contributed by atoms with Crippen molar-refractivity contribution in [3.05, 3.63) is 47.7 Å². The molecule has 0 atom stereocenters. The second-order valence-electron chi connectivity index (χ2n) is 4.24. The number of amides is 3. The summed E-state index contributed by atoms with van der Waals surface area (Å²) < 4.78 is 5.17. The van der Waals surface area contributed by atoms with E-state index in [4.69, 9.17) is 10.2 Å². The van der Waals surface area contributed by atoms with Gasteiger partial charge in [0.25, 0.3) is 5.91 Å². The van der Waals surface area contributed by atoms with Crippen molar-refractivity contribution < 1.29 is 18.8 Å². The molecule has 3 amide bonds. The van der Waals surface area contributed by atoms with E-state index in [9.17, 15) is 14.4 Å². The van der Waals surface area contributed by atoms with E-state index in [1.807, 2.05) is 0 Å². The number of hydrogen-bond acceptors (Lipinski definition) is 4. The molecule has 7 heteroatoms. The molecule has 2 aromatic rings. The number of nitrogens with two attached hydrogens (primary N) is 1. The van der Waals surface area contributed by atoms with Crippen LogP contribution >= 0.6 is 0 Å². The lowest BCUT2D eigenvalue weighted by Crippen LogP contribution is -2.13. The Balaban J connectivity index is 2.05. The summed E-state index contributed by atoms with van der Waals surface area (Å²) in [5.41, 5.74) is 5.96. The van der Waals surface area contributed by atoms with Gasteiger partial charge >= 0.3 is 0 Å². The Labute approximate surface area is 120 Å². The average Bonchev–Trinajstić information content (AvgIpc) is 2.87. The minimum absolute atomic E-state index is 0.0535. The molecule has 0 spiro atoms. The zero-order chi connectivity index (χ0) is 15.4. The fraction of sp³-hybridized carbons (Fsp3) is 0.0714. The highest BCUT2D eigenvalue weighted by atomic mass is 16.4. The minimum Gasteiger partial charge on any atom is -0.435 e. The molecule has 1 aromatic heterocycles. The van der Waals surface area contributed by atoms with Crippen molar-refractivity contribution in [3.63, 3.8) is 0 Å². The van der Waals surface area contributed by atoms with Crippen molar-refractivity contribution in [2.24, 2.45) is 5.73 Å². The third-order valence-corrected chi connectivity index (χ3v) is 2.56. The topological polar surface area (TPSA) is 114 Å². The van der Waals surface area contributed by atoms with Gasteiger partial charge in [0.05, 0.1) is 0 Å². The van der Waals surface area contributed by atoms with E-state index in [0.29, 0.717) is 11.3 Å². The molecule has 0 aliphatic heterocycles. The average molecular weight is 287 g/mol. The lowest BCUT2D eigenvalue weighted by molar-refractivity contribution is -0.114. The number of primary amides is 1. The molecule has 7 nitrogen and oxygen atoms in total. The smallest absolute Gasteiger partial charge is 0.291 e. The van der Waals surface area contributed by atoms with E-state index in [-0.39, 0.29) is 17.6 Å². The van der Waals surface area contributed by atoms with Crippen LogP contribution in [0.5, 0.6) is 0 Å². The molecule has 4 N–H and O–H groups in total. The van der Waals surface area contributed by atoms with Crippen LogP contribution in [0.2, 0.25) is 0 Å². The van der Waals surface area contributed by atoms with E-state index >= 15 is 0 Å². The monoisotopic (exact) mass is 287 g/mol. The standard InChI is InChI=1S/C14H13N3O4/c1-8(18)16-12-7-6-11(21-12)14(20)17-10-4-2-9(3-5-10)13(15)19/h2-7H,1H3,(H2,15,19)(H,16,18)(H,17,20). The van der Waals surface area contributed by atoms with Gasteiger partial charge in [-0.05, 0) is 30.3 Å². The summed E-state index contributed by atoms with van der Waals surface area (Å²) in [6, 6.07) is 9.03. The van der Waals surface area contributed by atoms with E-state index in [1.54, 1.807) is 12.1 Å². The molecule has 21 heavy (non-hydrogen) atoms. The van der Waals surface area contributed by atoms with E-state index in [2.05, 4.69) is 10.6 Å². The van der Waals surface area contributed by atoms with Crippen LogP contribution in [0.4, 0.5) is 11.6 Å². The zero-order valence-corrected chi connectivity index (χ0v) is 11.2. The van der Waals surface area contributed by atoms with Gasteiger partial charge < -0.3 is 15.5 Å². The molecule has 0 fully saturated rings. The normalized spacial score (nSPS) is 9.95. The van der Waals surface area contributed by atoms with Crippen LogP contribution in [-0.4, -0.2) is 17.7 Å². The molecular weight excluding hydrogens is 274 g/mol. The summed E-state index contributed by atoms with van der Waals surface area (Å²) in [5.74, 6) is -1.06. The summed E-state index contributed by atoms with van der Waals surface area (Å²) in [7, 11) is 0. The predicted octanol–water partition coefficient (Wildman–Crippen LogP) is 1.59. The van der Waals surface area contributed by atoms with Crippen LogP contribution < -0.4 is 16.4 Å². The molecule has 0 bridgehead atoms. The lowest BCUT2D eigenvalue weighted by Gasteiger charge is -2.03. The Morgan fingerprint density at radius 2 is 1.67 bits per heavy atom. The van der Waals surface area contributed by atoms with E-state index in [0.717, 1.165) is 0 Å². The van der Waals surface area contributed by atoms with Crippen LogP contribution in [0.3, 0.4) is 0 Å². The van der Waals surface area contributed by atoms with Gasteiger partial charge in [-0.15, -0.1) is 0 Å². The first kappa shape index (κ1) is 14.3. The summed E-state index contributed by atoms with van der Waals surface area (Å²) in [4.78, 5) is 33.7. The number of carbonyl (C=O) groups is 3. The van der Waals surface area contributed by atoms with Crippen LogP contribution in [0.15, 0.2) is 40.8 Å². The molecule has 0 unspecified atom stereocenters. The van der Waals surface area contributed by atoms with Crippen molar-refractivity contribution in [2.45, 2.75) is 6.92 Å². The van der Waals surface area contributed by atoms with Gasteiger partial charge in [-0.1, -0.05) is 0 Å². The number of nitrogens with one attached hydrogen (secondary N) is 2. The number of furan rings is 1. The zero-order valence-electron chi connectivity index (χ0n) is 11.2. The maximum absolute atomic E-state index is 11.9. The Kier molecular flexibility index (Phi) is 4.03. The van der Waals surface area contributed by atoms with Gasteiger partial charge in [0.1, 0.15) is 0 Å². The maximum Gasteiger partial charge on any atom is 0.291 e.